The van der Waals surface area contributed by atoms with Crippen LogP contribution in [-0.2, 0) is 17.6 Å². The SMILES string of the molecule is CCc1cc2c(c(C(N)c3cccc(C)c3)c1)NC(=O)C2. The third kappa shape index (κ3) is 2.57. The van der Waals surface area contributed by atoms with Crippen LogP contribution in [0.15, 0.2) is 36.4 Å². The Labute approximate surface area is 125 Å². The van der Waals surface area contributed by atoms with E-state index in [1.165, 1.54) is 11.1 Å². The summed E-state index contributed by atoms with van der Waals surface area (Å²) in [6.45, 7) is 4.18. The first-order valence-corrected chi connectivity index (χ1v) is 7.36. The van der Waals surface area contributed by atoms with Crippen LogP contribution in [0.3, 0.4) is 0 Å². The van der Waals surface area contributed by atoms with Gasteiger partial charge in [0.15, 0.2) is 0 Å². The first kappa shape index (κ1) is 13.8. The molecule has 1 atom stereocenters. The molecule has 1 amide bonds. The van der Waals surface area contributed by atoms with E-state index in [1.54, 1.807) is 0 Å². The highest BCUT2D eigenvalue weighted by atomic mass is 16.1. The zero-order valence-electron chi connectivity index (χ0n) is 12.4. The number of hydrogen-bond acceptors (Lipinski definition) is 2. The van der Waals surface area contributed by atoms with E-state index in [9.17, 15) is 4.79 Å². The van der Waals surface area contributed by atoms with Crippen LogP contribution in [0.4, 0.5) is 5.69 Å². The molecule has 3 N–H and O–H groups in total. The Bertz CT molecular complexity index is 706. The molecule has 0 radical (unpaired) electrons. The van der Waals surface area contributed by atoms with Crippen LogP contribution < -0.4 is 11.1 Å². The number of amides is 1. The molecular formula is C18H20N2O. The van der Waals surface area contributed by atoms with Crippen molar-refractivity contribution >= 4 is 11.6 Å². The summed E-state index contributed by atoms with van der Waals surface area (Å²) in [6, 6.07) is 12.2. The Morgan fingerprint density at radius 3 is 2.81 bits per heavy atom. The predicted octanol–water partition coefficient (Wildman–Crippen LogP) is 3.10. The number of rotatable bonds is 3. The Morgan fingerprint density at radius 1 is 1.29 bits per heavy atom. The van der Waals surface area contributed by atoms with Gasteiger partial charge in [-0.25, -0.2) is 0 Å². The number of aryl methyl sites for hydroxylation is 2. The second-order valence-electron chi connectivity index (χ2n) is 5.69. The number of carbonyl (C=O) groups is 1. The van der Waals surface area contributed by atoms with Crippen molar-refractivity contribution in [3.05, 3.63) is 64.2 Å². The molecule has 0 fully saturated rings. The molecule has 2 aromatic rings. The fourth-order valence-corrected chi connectivity index (χ4v) is 2.94. The maximum absolute atomic E-state index is 11.7. The van der Waals surface area contributed by atoms with Crippen molar-refractivity contribution in [2.24, 2.45) is 5.73 Å². The van der Waals surface area contributed by atoms with Gasteiger partial charge in [0.25, 0.3) is 0 Å². The molecule has 2 aromatic carbocycles. The van der Waals surface area contributed by atoms with E-state index in [2.05, 4.69) is 43.4 Å². The van der Waals surface area contributed by atoms with Gasteiger partial charge in [0.05, 0.1) is 12.5 Å². The highest BCUT2D eigenvalue weighted by Gasteiger charge is 2.24. The third-order valence-electron chi connectivity index (χ3n) is 4.07. The monoisotopic (exact) mass is 280 g/mol. The van der Waals surface area contributed by atoms with E-state index < -0.39 is 0 Å². The zero-order valence-corrected chi connectivity index (χ0v) is 12.4. The topological polar surface area (TPSA) is 55.1 Å². The highest BCUT2D eigenvalue weighted by Crippen LogP contribution is 2.34. The minimum Gasteiger partial charge on any atom is -0.325 e. The van der Waals surface area contributed by atoms with E-state index in [1.807, 2.05) is 12.1 Å². The molecule has 0 aliphatic carbocycles. The lowest BCUT2D eigenvalue weighted by Crippen LogP contribution is -2.15. The summed E-state index contributed by atoms with van der Waals surface area (Å²) in [5, 5.41) is 2.96. The van der Waals surface area contributed by atoms with Gasteiger partial charge in [-0.05, 0) is 35.6 Å². The molecule has 21 heavy (non-hydrogen) atoms. The quantitative estimate of drug-likeness (QED) is 0.907. The molecule has 0 aromatic heterocycles. The summed E-state index contributed by atoms with van der Waals surface area (Å²) in [5.41, 5.74) is 13.0. The number of anilines is 1. The van der Waals surface area contributed by atoms with Crippen LogP contribution in [0.25, 0.3) is 0 Å². The van der Waals surface area contributed by atoms with E-state index >= 15 is 0 Å². The number of hydrogen-bond donors (Lipinski definition) is 2. The van der Waals surface area contributed by atoms with Gasteiger partial charge in [-0.3, -0.25) is 4.79 Å². The van der Waals surface area contributed by atoms with E-state index in [4.69, 9.17) is 5.73 Å². The molecule has 3 rings (SSSR count). The molecule has 1 heterocycles. The third-order valence-corrected chi connectivity index (χ3v) is 4.07. The van der Waals surface area contributed by atoms with Crippen molar-refractivity contribution in [2.45, 2.75) is 32.7 Å². The van der Waals surface area contributed by atoms with Crippen LogP contribution in [0, 0.1) is 6.92 Å². The Kier molecular flexibility index (Phi) is 3.52. The fraction of sp³-hybridized carbons (Fsp3) is 0.278. The molecule has 108 valence electrons. The van der Waals surface area contributed by atoms with Gasteiger partial charge in [0.1, 0.15) is 0 Å². The molecule has 1 unspecified atom stereocenters. The van der Waals surface area contributed by atoms with Crippen LogP contribution in [-0.4, -0.2) is 5.91 Å². The lowest BCUT2D eigenvalue weighted by molar-refractivity contribution is -0.115. The van der Waals surface area contributed by atoms with Crippen molar-refractivity contribution in [1.82, 2.24) is 0 Å². The van der Waals surface area contributed by atoms with Gasteiger partial charge in [-0.2, -0.15) is 0 Å². The van der Waals surface area contributed by atoms with Gasteiger partial charge >= 0.3 is 0 Å². The Morgan fingerprint density at radius 2 is 2.10 bits per heavy atom. The first-order valence-electron chi connectivity index (χ1n) is 7.36. The van der Waals surface area contributed by atoms with Gasteiger partial charge in [0.2, 0.25) is 5.91 Å². The molecule has 0 bridgehead atoms. The maximum atomic E-state index is 11.7. The lowest BCUT2D eigenvalue weighted by atomic mass is 9.92. The van der Waals surface area contributed by atoms with Crippen molar-refractivity contribution in [3.8, 4) is 0 Å². The van der Waals surface area contributed by atoms with Crippen LogP contribution in [0.2, 0.25) is 0 Å². The van der Waals surface area contributed by atoms with Crippen molar-refractivity contribution < 1.29 is 4.79 Å². The highest BCUT2D eigenvalue weighted by molar-refractivity contribution is 6.00. The minimum absolute atomic E-state index is 0.0518. The van der Waals surface area contributed by atoms with Crippen LogP contribution in [0.5, 0.6) is 0 Å². The van der Waals surface area contributed by atoms with E-state index in [0.29, 0.717) is 6.42 Å². The first-order chi connectivity index (χ1) is 10.1. The Balaban J connectivity index is 2.09. The second kappa shape index (κ2) is 5.34. The smallest absolute Gasteiger partial charge is 0.228 e. The molecule has 3 nitrogen and oxygen atoms in total. The maximum Gasteiger partial charge on any atom is 0.228 e. The summed E-state index contributed by atoms with van der Waals surface area (Å²) in [6.07, 6.45) is 1.39. The normalized spacial score (nSPS) is 14.7. The van der Waals surface area contributed by atoms with Gasteiger partial charge < -0.3 is 11.1 Å². The van der Waals surface area contributed by atoms with E-state index in [0.717, 1.165) is 28.8 Å². The van der Waals surface area contributed by atoms with Crippen molar-refractivity contribution in [2.75, 3.05) is 5.32 Å². The molecule has 0 spiro atoms. The Hall–Kier alpha value is -2.13. The molecule has 0 saturated heterocycles. The summed E-state index contributed by atoms with van der Waals surface area (Å²) >= 11 is 0. The van der Waals surface area contributed by atoms with E-state index in [-0.39, 0.29) is 11.9 Å². The average Bonchev–Trinajstić information content (AvgIpc) is 2.85. The van der Waals surface area contributed by atoms with Gasteiger partial charge in [-0.1, -0.05) is 48.9 Å². The molecule has 1 aliphatic rings. The fourth-order valence-electron chi connectivity index (χ4n) is 2.94. The van der Waals surface area contributed by atoms with Gasteiger partial charge in [-0.15, -0.1) is 0 Å². The number of benzene rings is 2. The minimum atomic E-state index is -0.219. The second-order valence-corrected chi connectivity index (χ2v) is 5.69. The molecule has 0 saturated carbocycles. The molecular weight excluding hydrogens is 260 g/mol. The largest absolute Gasteiger partial charge is 0.325 e. The van der Waals surface area contributed by atoms with Crippen molar-refractivity contribution in [3.63, 3.8) is 0 Å². The zero-order chi connectivity index (χ0) is 15.0. The van der Waals surface area contributed by atoms with Crippen LogP contribution >= 0.6 is 0 Å². The van der Waals surface area contributed by atoms with Crippen LogP contribution in [0.1, 0.15) is 40.8 Å². The average molecular weight is 280 g/mol. The number of fused-ring (bicyclic) bond motifs is 1. The number of nitrogens with two attached hydrogens (primary N) is 1. The lowest BCUT2D eigenvalue weighted by Gasteiger charge is -2.18. The number of nitrogens with one attached hydrogen (secondary N) is 1. The number of carbonyl (C=O) groups excluding carboxylic acids is 1. The summed E-state index contributed by atoms with van der Waals surface area (Å²) < 4.78 is 0. The summed E-state index contributed by atoms with van der Waals surface area (Å²) in [7, 11) is 0. The molecule has 1 aliphatic heterocycles. The summed E-state index contributed by atoms with van der Waals surface area (Å²) in [5.74, 6) is 0.0518. The standard InChI is InChI=1S/C18H20N2O/c1-3-12-8-14-10-16(21)20-18(14)15(9-12)17(19)13-6-4-5-11(2)7-13/h4-9,17H,3,10,19H2,1-2H3,(H,20,21). The summed E-state index contributed by atoms with van der Waals surface area (Å²) in [4.78, 5) is 11.7. The predicted molar refractivity (Wildman–Crippen MR) is 85.4 cm³/mol. The molecule has 3 heteroatoms. The van der Waals surface area contributed by atoms with Gasteiger partial charge in [0, 0.05) is 5.69 Å². The van der Waals surface area contributed by atoms with Crippen molar-refractivity contribution in [1.29, 1.82) is 0 Å².